The van der Waals surface area contributed by atoms with Gasteiger partial charge in [-0.1, -0.05) is 20.3 Å². The Morgan fingerprint density at radius 1 is 1.23 bits per heavy atom. The Kier molecular flexibility index (Phi) is 6.21. The van der Waals surface area contributed by atoms with Crippen LogP contribution in [-0.4, -0.2) is 32.8 Å². The molecule has 2 aromatic rings. The van der Waals surface area contributed by atoms with Crippen LogP contribution >= 0.6 is 0 Å². The number of nitrogens with zero attached hydrogens (tertiary/aromatic N) is 2. The number of carbonyl (C=O) groups is 2. The lowest BCUT2D eigenvalue weighted by molar-refractivity contribution is -0.143. The highest BCUT2D eigenvalue weighted by Crippen LogP contribution is 2.15. The molecule has 8 heteroatoms. The SMILES string of the molecule is CCC(C)C(NC(=O)Cn1nc(-c2ccc(F)cc2)ccc1=O)C(=O)O. The molecule has 0 radical (unpaired) electrons. The Labute approximate surface area is 149 Å². The fourth-order valence-corrected chi connectivity index (χ4v) is 2.38. The lowest BCUT2D eigenvalue weighted by atomic mass is 9.99. The van der Waals surface area contributed by atoms with Crippen LogP contribution in [0.25, 0.3) is 11.3 Å². The van der Waals surface area contributed by atoms with E-state index in [0.717, 1.165) is 4.68 Å². The first-order valence-electron chi connectivity index (χ1n) is 8.18. The second kappa shape index (κ2) is 8.37. The molecule has 1 aromatic carbocycles. The van der Waals surface area contributed by atoms with Crippen LogP contribution in [0.3, 0.4) is 0 Å². The zero-order valence-corrected chi connectivity index (χ0v) is 14.5. The quantitative estimate of drug-likeness (QED) is 0.781. The highest BCUT2D eigenvalue weighted by atomic mass is 19.1. The average molecular weight is 361 g/mol. The summed E-state index contributed by atoms with van der Waals surface area (Å²) in [4.78, 5) is 35.4. The largest absolute Gasteiger partial charge is 0.480 e. The minimum absolute atomic E-state index is 0.258. The molecule has 0 fully saturated rings. The zero-order valence-electron chi connectivity index (χ0n) is 14.5. The van der Waals surface area contributed by atoms with E-state index >= 15 is 0 Å². The molecular weight excluding hydrogens is 341 g/mol. The van der Waals surface area contributed by atoms with Crippen molar-refractivity contribution in [2.24, 2.45) is 5.92 Å². The number of carboxylic acids is 1. The van der Waals surface area contributed by atoms with Crippen molar-refractivity contribution < 1.29 is 19.1 Å². The van der Waals surface area contributed by atoms with Crippen LogP contribution in [0.1, 0.15) is 20.3 Å². The Balaban J connectivity index is 2.19. The summed E-state index contributed by atoms with van der Waals surface area (Å²) in [6, 6.07) is 7.24. The topological polar surface area (TPSA) is 101 Å². The van der Waals surface area contributed by atoms with Gasteiger partial charge >= 0.3 is 5.97 Å². The molecule has 138 valence electrons. The van der Waals surface area contributed by atoms with Crippen LogP contribution < -0.4 is 10.9 Å². The second-order valence-electron chi connectivity index (χ2n) is 5.99. The summed E-state index contributed by atoms with van der Waals surface area (Å²) in [7, 11) is 0. The molecule has 2 N–H and O–H groups in total. The molecule has 0 bridgehead atoms. The van der Waals surface area contributed by atoms with Crippen molar-refractivity contribution in [2.45, 2.75) is 32.9 Å². The van der Waals surface area contributed by atoms with E-state index in [0.29, 0.717) is 17.7 Å². The maximum atomic E-state index is 13.0. The molecule has 0 saturated carbocycles. The summed E-state index contributed by atoms with van der Waals surface area (Å²) >= 11 is 0. The number of aromatic nitrogens is 2. The van der Waals surface area contributed by atoms with Gasteiger partial charge in [-0.3, -0.25) is 9.59 Å². The monoisotopic (exact) mass is 361 g/mol. The molecule has 0 spiro atoms. The summed E-state index contributed by atoms with van der Waals surface area (Å²) in [5.74, 6) is -2.41. The number of aliphatic carboxylic acids is 1. The molecule has 7 nitrogen and oxygen atoms in total. The van der Waals surface area contributed by atoms with Gasteiger partial charge in [0, 0.05) is 11.6 Å². The van der Waals surface area contributed by atoms with E-state index in [1.165, 1.54) is 36.4 Å². The Hall–Kier alpha value is -3.03. The predicted molar refractivity (Wildman–Crippen MR) is 92.9 cm³/mol. The van der Waals surface area contributed by atoms with Gasteiger partial charge in [-0.2, -0.15) is 5.10 Å². The molecule has 26 heavy (non-hydrogen) atoms. The van der Waals surface area contributed by atoms with Gasteiger partial charge in [0.05, 0.1) is 5.69 Å². The molecule has 0 aliphatic heterocycles. The fourth-order valence-electron chi connectivity index (χ4n) is 2.38. The van der Waals surface area contributed by atoms with Crippen LogP contribution in [0.15, 0.2) is 41.2 Å². The van der Waals surface area contributed by atoms with Crippen molar-refractivity contribution >= 4 is 11.9 Å². The van der Waals surface area contributed by atoms with E-state index in [-0.39, 0.29) is 5.92 Å². The van der Waals surface area contributed by atoms with Gasteiger partial charge in [0.2, 0.25) is 5.91 Å². The highest BCUT2D eigenvalue weighted by molar-refractivity contribution is 5.83. The molecule has 2 unspecified atom stereocenters. The second-order valence-corrected chi connectivity index (χ2v) is 5.99. The third kappa shape index (κ3) is 4.75. The maximum Gasteiger partial charge on any atom is 0.326 e. The molecule has 1 amide bonds. The lowest BCUT2D eigenvalue weighted by Gasteiger charge is -2.20. The number of hydrogen-bond acceptors (Lipinski definition) is 4. The van der Waals surface area contributed by atoms with Gasteiger partial charge in [-0.25, -0.2) is 13.9 Å². The molecule has 1 aromatic heterocycles. The molecule has 0 aliphatic rings. The molecule has 2 rings (SSSR count). The van der Waals surface area contributed by atoms with Crippen molar-refractivity contribution in [2.75, 3.05) is 0 Å². The highest BCUT2D eigenvalue weighted by Gasteiger charge is 2.25. The first-order valence-corrected chi connectivity index (χ1v) is 8.18. The molecule has 0 saturated heterocycles. The summed E-state index contributed by atoms with van der Waals surface area (Å²) in [6.07, 6.45) is 0.579. The van der Waals surface area contributed by atoms with E-state index in [4.69, 9.17) is 0 Å². The van der Waals surface area contributed by atoms with Crippen molar-refractivity contribution in [3.05, 3.63) is 52.6 Å². The Morgan fingerprint density at radius 2 is 1.88 bits per heavy atom. The summed E-state index contributed by atoms with van der Waals surface area (Å²) in [6.45, 7) is 3.14. The number of nitrogens with one attached hydrogen (secondary N) is 1. The van der Waals surface area contributed by atoms with Crippen LogP contribution in [0.2, 0.25) is 0 Å². The minimum Gasteiger partial charge on any atom is -0.480 e. The number of rotatable bonds is 7. The summed E-state index contributed by atoms with van der Waals surface area (Å²) in [5.41, 5.74) is 0.485. The van der Waals surface area contributed by atoms with Gasteiger partial charge in [0.15, 0.2) is 0 Å². The number of hydrogen-bond donors (Lipinski definition) is 2. The zero-order chi connectivity index (χ0) is 19.3. The molecule has 0 aliphatic carbocycles. The van der Waals surface area contributed by atoms with Crippen molar-refractivity contribution in [3.63, 3.8) is 0 Å². The van der Waals surface area contributed by atoms with Crippen LogP contribution in [-0.2, 0) is 16.1 Å². The number of carbonyl (C=O) groups excluding carboxylic acids is 1. The number of halogens is 1. The number of benzene rings is 1. The fraction of sp³-hybridized carbons (Fsp3) is 0.333. The first-order chi connectivity index (χ1) is 12.3. The van der Waals surface area contributed by atoms with Crippen LogP contribution in [0, 0.1) is 11.7 Å². The normalized spacial score (nSPS) is 13.0. The van der Waals surface area contributed by atoms with Gasteiger partial charge in [-0.05, 0) is 36.2 Å². The van der Waals surface area contributed by atoms with Crippen molar-refractivity contribution in [1.29, 1.82) is 0 Å². The van der Waals surface area contributed by atoms with E-state index in [9.17, 15) is 23.9 Å². The van der Waals surface area contributed by atoms with Gasteiger partial charge < -0.3 is 10.4 Å². The van der Waals surface area contributed by atoms with E-state index in [1.807, 2.05) is 6.92 Å². The average Bonchev–Trinajstić information content (AvgIpc) is 2.61. The number of carboxylic acid groups (broad SMARTS) is 1. The van der Waals surface area contributed by atoms with Crippen LogP contribution in [0.4, 0.5) is 4.39 Å². The number of amides is 1. The van der Waals surface area contributed by atoms with E-state index < -0.39 is 35.8 Å². The minimum atomic E-state index is -1.13. The predicted octanol–water partition coefficient (Wildman–Crippen LogP) is 1.66. The summed E-state index contributed by atoms with van der Waals surface area (Å²) in [5, 5.41) is 15.8. The lowest BCUT2D eigenvalue weighted by Crippen LogP contribution is -2.47. The van der Waals surface area contributed by atoms with Gasteiger partial charge in [0.1, 0.15) is 18.4 Å². The van der Waals surface area contributed by atoms with Gasteiger partial charge in [-0.15, -0.1) is 0 Å². The molecule has 2 atom stereocenters. The standard InChI is InChI=1S/C18H20FN3O4/c1-3-11(2)17(18(25)26)20-15(23)10-22-16(24)9-8-14(21-22)12-4-6-13(19)7-5-12/h4-9,11,17H,3,10H2,1-2H3,(H,20,23)(H,25,26). The maximum absolute atomic E-state index is 13.0. The third-order valence-electron chi connectivity index (χ3n) is 4.10. The Morgan fingerprint density at radius 3 is 2.46 bits per heavy atom. The van der Waals surface area contributed by atoms with Crippen LogP contribution in [0.5, 0.6) is 0 Å². The van der Waals surface area contributed by atoms with Crippen molar-refractivity contribution in [3.8, 4) is 11.3 Å². The smallest absolute Gasteiger partial charge is 0.326 e. The van der Waals surface area contributed by atoms with E-state index in [2.05, 4.69) is 10.4 Å². The third-order valence-corrected chi connectivity index (χ3v) is 4.10. The summed E-state index contributed by atoms with van der Waals surface area (Å²) < 4.78 is 14.0. The first kappa shape index (κ1) is 19.3. The van der Waals surface area contributed by atoms with Crippen molar-refractivity contribution in [1.82, 2.24) is 15.1 Å². The molecule has 1 heterocycles. The Bertz CT molecular complexity index is 848. The molecular formula is C18H20FN3O4. The van der Waals surface area contributed by atoms with Gasteiger partial charge in [0.25, 0.3) is 5.56 Å². The van der Waals surface area contributed by atoms with E-state index in [1.54, 1.807) is 6.92 Å².